The van der Waals surface area contributed by atoms with E-state index in [2.05, 4.69) is 15.6 Å². The van der Waals surface area contributed by atoms with Gasteiger partial charge in [-0.3, -0.25) is 4.79 Å². The van der Waals surface area contributed by atoms with E-state index in [-0.39, 0.29) is 23.7 Å². The highest BCUT2D eigenvalue weighted by Crippen LogP contribution is 2.35. The van der Waals surface area contributed by atoms with Crippen molar-refractivity contribution in [1.82, 2.24) is 10.3 Å². The second-order valence-corrected chi connectivity index (χ2v) is 7.15. The van der Waals surface area contributed by atoms with Crippen LogP contribution in [-0.2, 0) is 12.4 Å². The van der Waals surface area contributed by atoms with Crippen molar-refractivity contribution in [2.75, 3.05) is 5.32 Å². The number of hydrogen-bond acceptors (Lipinski definition) is 3. The molecule has 1 amide bonds. The number of halogens is 6. The van der Waals surface area contributed by atoms with Crippen LogP contribution < -0.4 is 10.6 Å². The first-order valence-electron chi connectivity index (χ1n) is 9.31. The number of benzene rings is 1. The Kier molecular flexibility index (Phi) is 6.23. The first-order chi connectivity index (χ1) is 14.0. The summed E-state index contributed by atoms with van der Waals surface area (Å²) in [7, 11) is 0. The maximum Gasteiger partial charge on any atom is 0.433 e. The zero-order valence-corrected chi connectivity index (χ0v) is 15.6. The summed E-state index contributed by atoms with van der Waals surface area (Å²) >= 11 is 0. The molecule has 10 heteroatoms. The van der Waals surface area contributed by atoms with Crippen LogP contribution in [0.4, 0.5) is 32.0 Å². The summed E-state index contributed by atoms with van der Waals surface area (Å²) in [4.78, 5) is 14.9. The number of hydrogen-bond donors (Lipinski definition) is 2. The van der Waals surface area contributed by atoms with Crippen LogP contribution in [0.3, 0.4) is 0 Å². The molecular weight excluding hydrogens is 412 g/mol. The smallest absolute Gasteiger partial charge is 0.382 e. The Morgan fingerprint density at radius 3 is 1.83 bits per heavy atom. The van der Waals surface area contributed by atoms with Gasteiger partial charge in [-0.2, -0.15) is 26.3 Å². The minimum Gasteiger partial charge on any atom is -0.382 e. The van der Waals surface area contributed by atoms with E-state index in [9.17, 15) is 31.1 Å². The summed E-state index contributed by atoms with van der Waals surface area (Å²) in [6.07, 6.45) is -7.89. The van der Waals surface area contributed by atoms with Crippen molar-refractivity contribution in [2.45, 2.75) is 50.1 Å². The van der Waals surface area contributed by atoms with Gasteiger partial charge in [0.05, 0.1) is 0 Å². The molecule has 0 saturated heterocycles. The molecule has 162 valence electrons. The maximum absolute atomic E-state index is 12.9. The number of carbonyl (C=O) groups is 1. The topological polar surface area (TPSA) is 54.0 Å². The summed E-state index contributed by atoms with van der Waals surface area (Å²) in [5.41, 5.74) is -2.94. The lowest BCUT2D eigenvalue weighted by Gasteiger charge is -2.30. The maximum atomic E-state index is 12.9. The number of rotatable bonds is 4. The predicted octanol–water partition coefficient (Wildman–Crippen LogP) is 5.27. The molecule has 2 N–H and O–H groups in total. The average molecular weight is 431 g/mol. The van der Waals surface area contributed by atoms with Gasteiger partial charge >= 0.3 is 12.4 Å². The average Bonchev–Trinajstić information content (AvgIpc) is 2.68. The third-order valence-corrected chi connectivity index (χ3v) is 4.88. The standard InChI is InChI=1S/C20H19F6N3O/c21-19(22,23)16-10-15(11-17(29-16)20(24,25)26)27-13-6-8-14(9-7-13)28-18(30)12-4-2-1-3-5-12/h1-5,10-11,13-14H,6-9H2,(H,27,29)(H,28,30)/t13-,14+. The summed E-state index contributed by atoms with van der Waals surface area (Å²) in [6, 6.07) is 9.40. The van der Waals surface area contributed by atoms with E-state index in [0.717, 1.165) is 0 Å². The van der Waals surface area contributed by atoms with Gasteiger partial charge in [0, 0.05) is 23.3 Å². The van der Waals surface area contributed by atoms with E-state index in [1.807, 2.05) is 0 Å². The van der Waals surface area contributed by atoms with Crippen LogP contribution in [0.25, 0.3) is 0 Å². The third kappa shape index (κ3) is 5.64. The van der Waals surface area contributed by atoms with Crippen LogP contribution in [-0.4, -0.2) is 23.0 Å². The van der Waals surface area contributed by atoms with Gasteiger partial charge in [0.1, 0.15) is 11.4 Å². The molecule has 0 spiro atoms. The number of alkyl halides is 6. The highest BCUT2D eigenvalue weighted by Gasteiger charge is 2.39. The van der Waals surface area contributed by atoms with Crippen molar-refractivity contribution in [2.24, 2.45) is 0 Å². The zero-order valence-electron chi connectivity index (χ0n) is 15.6. The van der Waals surface area contributed by atoms with Crippen molar-refractivity contribution in [3.05, 3.63) is 59.4 Å². The van der Waals surface area contributed by atoms with Crippen LogP contribution in [0.5, 0.6) is 0 Å². The molecule has 1 aliphatic carbocycles. The van der Waals surface area contributed by atoms with Gasteiger partial charge in [0.25, 0.3) is 5.91 Å². The zero-order chi connectivity index (χ0) is 21.9. The normalized spacial score (nSPS) is 19.9. The fourth-order valence-corrected chi connectivity index (χ4v) is 3.38. The molecule has 1 fully saturated rings. The molecule has 2 aromatic rings. The van der Waals surface area contributed by atoms with Crippen molar-refractivity contribution in [3.8, 4) is 0 Å². The Labute approximate surface area is 168 Å². The van der Waals surface area contributed by atoms with E-state index >= 15 is 0 Å². The summed E-state index contributed by atoms with van der Waals surface area (Å²) in [5.74, 6) is -0.217. The Bertz CT molecular complexity index is 842. The van der Waals surface area contributed by atoms with E-state index in [1.54, 1.807) is 30.3 Å². The Morgan fingerprint density at radius 2 is 1.33 bits per heavy atom. The molecule has 0 bridgehead atoms. The molecule has 0 radical (unpaired) electrons. The number of nitrogens with zero attached hydrogens (tertiary/aromatic N) is 1. The predicted molar refractivity (Wildman–Crippen MR) is 97.8 cm³/mol. The molecule has 30 heavy (non-hydrogen) atoms. The molecule has 1 aromatic carbocycles. The number of nitrogens with one attached hydrogen (secondary N) is 2. The molecule has 4 nitrogen and oxygen atoms in total. The molecule has 1 heterocycles. The van der Waals surface area contributed by atoms with Gasteiger partial charge in [0.15, 0.2) is 0 Å². The van der Waals surface area contributed by atoms with Crippen LogP contribution in [0.15, 0.2) is 42.5 Å². The molecule has 1 aromatic heterocycles. The quantitative estimate of drug-likeness (QED) is 0.649. The summed E-state index contributed by atoms with van der Waals surface area (Å²) in [6.45, 7) is 0. The van der Waals surface area contributed by atoms with Crippen LogP contribution in [0.2, 0.25) is 0 Å². The second-order valence-electron chi connectivity index (χ2n) is 7.15. The van der Waals surface area contributed by atoms with E-state index < -0.39 is 23.7 Å². The van der Waals surface area contributed by atoms with Gasteiger partial charge in [-0.05, 0) is 49.9 Å². The first kappa shape index (κ1) is 21.9. The van der Waals surface area contributed by atoms with E-state index in [0.29, 0.717) is 43.4 Å². The Morgan fingerprint density at radius 1 is 0.833 bits per heavy atom. The molecular formula is C20H19F6N3O. The monoisotopic (exact) mass is 431 g/mol. The van der Waals surface area contributed by atoms with E-state index in [4.69, 9.17) is 0 Å². The van der Waals surface area contributed by atoms with Gasteiger partial charge in [-0.1, -0.05) is 18.2 Å². The highest BCUT2D eigenvalue weighted by atomic mass is 19.4. The van der Waals surface area contributed by atoms with Gasteiger partial charge < -0.3 is 10.6 Å². The molecule has 0 atom stereocenters. The van der Waals surface area contributed by atoms with E-state index in [1.165, 1.54) is 0 Å². The lowest BCUT2D eigenvalue weighted by atomic mass is 9.90. The van der Waals surface area contributed by atoms with Crippen LogP contribution >= 0.6 is 0 Å². The fraction of sp³-hybridized carbons (Fsp3) is 0.400. The van der Waals surface area contributed by atoms with Gasteiger partial charge in [-0.25, -0.2) is 4.98 Å². The largest absolute Gasteiger partial charge is 0.433 e. The second kappa shape index (κ2) is 8.53. The number of aromatic nitrogens is 1. The molecule has 3 rings (SSSR count). The van der Waals surface area contributed by atoms with Crippen molar-refractivity contribution < 1.29 is 31.1 Å². The lowest BCUT2D eigenvalue weighted by Crippen LogP contribution is -2.40. The van der Waals surface area contributed by atoms with Crippen molar-refractivity contribution >= 4 is 11.6 Å². The third-order valence-electron chi connectivity index (χ3n) is 4.88. The first-order valence-corrected chi connectivity index (χ1v) is 9.31. The molecule has 1 aliphatic rings. The molecule has 1 saturated carbocycles. The van der Waals surface area contributed by atoms with Gasteiger partial charge in [0.2, 0.25) is 0 Å². The van der Waals surface area contributed by atoms with Crippen molar-refractivity contribution in [3.63, 3.8) is 0 Å². The Balaban J connectivity index is 1.62. The summed E-state index contributed by atoms with van der Waals surface area (Å²) < 4.78 is 77.6. The summed E-state index contributed by atoms with van der Waals surface area (Å²) in [5, 5.41) is 5.66. The lowest BCUT2D eigenvalue weighted by molar-refractivity contribution is -0.150. The SMILES string of the molecule is O=C(N[C@H]1CC[C@@H](Nc2cc(C(F)(F)F)nc(C(F)(F)F)c2)CC1)c1ccccc1. The number of amides is 1. The molecule has 0 aliphatic heterocycles. The highest BCUT2D eigenvalue weighted by molar-refractivity contribution is 5.94. The minimum absolute atomic E-state index is 0.107. The molecule has 0 unspecified atom stereocenters. The number of anilines is 1. The van der Waals surface area contributed by atoms with Crippen LogP contribution in [0, 0.1) is 0 Å². The Hall–Kier alpha value is -2.78. The van der Waals surface area contributed by atoms with Gasteiger partial charge in [-0.15, -0.1) is 0 Å². The fourth-order valence-electron chi connectivity index (χ4n) is 3.38. The van der Waals surface area contributed by atoms with Crippen LogP contribution in [0.1, 0.15) is 47.4 Å². The minimum atomic E-state index is -4.99. The number of pyridine rings is 1. The number of carbonyl (C=O) groups excluding carboxylic acids is 1. The van der Waals surface area contributed by atoms with Crippen molar-refractivity contribution in [1.29, 1.82) is 0 Å².